The fraction of sp³-hybridized carbons (Fsp3) is 0.619. The van der Waals surface area contributed by atoms with Gasteiger partial charge in [-0.15, -0.1) is 0 Å². The normalized spacial score (nSPS) is 22.1. The molecule has 4 heteroatoms. The quantitative estimate of drug-likeness (QED) is 0.857. The van der Waals surface area contributed by atoms with Gasteiger partial charge in [-0.05, 0) is 30.2 Å². The van der Waals surface area contributed by atoms with Crippen molar-refractivity contribution in [3.8, 4) is 0 Å². The minimum absolute atomic E-state index is 0.0434. The predicted octanol–water partition coefficient (Wildman–Crippen LogP) is 3.68. The van der Waals surface area contributed by atoms with Crippen molar-refractivity contribution < 1.29 is 9.59 Å². The number of nitrogens with one attached hydrogen (secondary N) is 1. The Balaban J connectivity index is 1.64. The number of hydrogen-bond acceptors (Lipinski definition) is 2. The molecule has 1 aromatic carbocycles. The third-order valence-corrected chi connectivity index (χ3v) is 5.75. The molecule has 0 spiro atoms. The average Bonchev–Trinajstić information content (AvgIpc) is 3.32. The standard InChI is InChI=1S/C21H30N2O2/c1-2-19(24)22-20(18-10-4-3-5-11-18)21(25)23-13-12-17(15-23)14-16-8-6-7-9-16/h3-5,10-11,16-17,20H,2,6-9,12-15H2,1H3,(H,22,24). The summed E-state index contributed by atoms with van der Waals surface area (Å²) >= 11 is 0. The highest BCUT2D eigenvalue weighted by Crippen LogP contribution is 2.34. The highest BCUT2D eigenvalue weighted by molar-refractivity contribution is 5.88. The van der Waals surface area contributed by atoms with Crippen molar-refractivity contribution in [2.45, 2.75) is 57.9 Å². The molecule has 1 aliphatic carbocycles. The van der Waals surface area contributed by atoms with Gasteiger partial charge in [-0.1, -0.05) is 62.9 Å². The monoisotopic (exact) mass is 342 g/mol. The van der Waals surface area contributed by atoms with Gasteiger partial charge in [-0.2, -0.15) is 0 Å². The van der Waals surface area contributed by atoms with Crippen molar-refractivity contribution in [1.82, 2.24) is 10.2 Å². The van der Waals surface area contributed by atoms with E-state index >= 15 is 0 Å². The Morgan fingerprint density at radius 2 is 1.84 bits per heavy atom. The van der Waals surface area contributed by atoms with Crippen molar-refractivity contribution in [1.29, 1.82) is 0 Å². The van der Waals surface area contributed by atoms with Gasteiger partial charge in [-0.3, -0.25) is 9.59 Å². The minimum Gasteiger partial charge on any atom is -0.341 e. The van der Waals surface area contributed by atoms with E-state index in [-0.39, 0.29) is 11.8 Å². The van der Waals surface area contributed by atoms with E-state index in [4.69, 9.17) is 0 Å². The molecule has 1 N–H and O–H groups in total. The molecule has 0 bridgehead atoms. The Bertz CT molecular complexity index is 581. The van der Waals surface area contributed by atoms with Crippen LogP contribution >= 0.6 is 0 Å². The summed E-state index contributed by atoms with van der Waals surface area (Å²) in [4.78, 5) is 27.0. The topological polar surface area (TPSA) is 49.4 Å². The maximum absolute atomic E-state index is 13.1. The second-order valence-corrected chi connectivity index (χ2v) is 7.59. The van der Waals surface area contributed by atoms with Crippen molar-refractivity contribution in [3.63, 3.8) is 0 Å². The third-order valence-electron chi connectivity index (χ3n) is 5.75. The van der Waals surface area contributed by atoms with Crippen LogP contribution in [0.2, 0.25) is 0 Å². The van der Waals surface area contributed by atoms with Crippen molar-refractivity contribution in [2.24, 2.45) is 11.8 Å². The maximum atomic E-state index is 13.1. The fourth-order valence-corrected chi connectivity index (χ4v) is 4.32. The van der Waals surface area contributed by atoms with Crippen LogP contribution in [0.25, 0.3) is 0 Å². The number of carbonyl (C=O) groups excluding carboxylic acids is 2. The summed E-state index contributed by atoms with van der Waals surface area (Å²) < 4.78 is 0. The van der Waals surface area contributed by atoms with Gasteiger partial charge in [0, 0.05) is 19.5 Å². The van der Waals surface area contributed by atoms with Crippen LogP contribution in [0.15, 0.2) is 30.3 Å². The average molecular weight is 342 g/mol. The third kappa shape index (κ3) is 4.62. The Labute approximate surface area is 151 Å². The minimum atomic E-state index is -0.557. The first-order chi connectivity index (χ1) is 12.2. The molecule has 1 aliphatic heterocycles. The molecular weight excluding hydrogens is 312 g/mol. The molecule has 2 fully saturated rings. The highest BCUT2D eigenvalue weighted by atomic mass is 16.2. The van der Waals surface area contributed by atoms with Crippen molar-refractivity contribution >= 4 is 11.8 Å². The van der Waals surface area contributed by atoms with Gasteiger partial charge >= 0.3 is 0 Å². The van der Waals surface area contributed by atoms with Crippen LogP contribution < -0.4 is 5.32 Å². The molecular formula is C21H30N2O2. The van der Waals surface area contributed by atoms with Crippen LogP contribution in [0.3, 0.4) is 0 Å². The highest BCUT2D eigenvalue weighted by Gasteiger charge is 2.33. The Morgan fingerprint density at radius 3 is 2.52 bits per heavy atom. The number of rotatable bonds is 6. The molecule has 4 nitrogen and oxygen atoms in total. The zero-order valence-electron chi connectivity index (χ0n) is 15.2. The molecule has 0 radical (unpaired) electrons. The summed E-state index contributed by atoms with van der Waals surface area (Å²) in [6.45, 7) is 3.48. The van der Waals surface area contributed by atoms with Crippen LogP contribution in [-0.4, -0.2) is 29.8 Å². The molecule has 3 rings (SSSR count). The van der Waals surface area contributed by atoms with Gasteiger partial charge in [0.2, 0.25) is 11.8 Å². The lowest BCUT2D eigenvalue weighted by Crippen LogP contribution is -2.42. The predicted molar refractivity (Wildman–Crippen MR) is 98.9 cm³/mol. The van der Waals surface area contributed by atoms with E-state index in [1.807, 2.05) is 42.2 Å². The lowest BCUT2D eigenvalue weighted by Gasteiger charge is -2.25. The van der Waals surface area contributed by atoms with Gasteiger partial charge in [0.1, 0.15) is 6.04 Å². The molecule has 2 atom stereocenters. The maximum Gasteiger partial charge on any atom is 0.249 e. The van der Waals surface area contributed by atoms with Gasteiger partial charge in [0.15, 0.2) is 0 Å². The van der Waals surface area contributed by atoms with Crippen LogP contribution in [0.1, 0.15) is 63.5 Å². The van der Waals surface area contributed by atoms with Crippen molar-refractivity contribution in [2.75, 3.05) is 13.1 Å². The van der Waals surface area contributed by atoms with Gasteiger partial charge in [0.05, 0.1) is 0 Å². The second-order valence-electron chi connectivity index (χ2n) is 7.59. The number of likely N-dealkylation sites (tertiary alicyclic amines) is 1. The number of amides is 2. The summed E-state index contributed by atoms with van der Waals surface area (Å²) in [6, 6.07) is 9.05. The van der Waals surface area contributed by atoms with E-state index in [1.165, 1.54) is 32.1 Å². The molecule has 1 saturated carbocycles. The first kappa shape index (κ1) is 18.0. The van der Waals surface area contributed by atoms with Crippen LogP contribution in [-0.2, 0) is 9.59 Å². The summed E-state index contributed by atoms with van der Waals surface area (Å²) in [5.74, 6) is 1.46. The summed E-state index contributed by atoms with van der Waals surface area (Å²) in [5.41, 5.74) is 0.869. The Morgan fingerprint density at radius 1 is 1.12 bits per heavy atom. The van der Waals surface area contributed by atoms with Crippen LogP contribution in [0.4, 0.5) is 0 Å². The fourth-order valence-electron chi connectivity index (χ4n) is 4.32. The summed E-state index contributed by atoms with van der Waals surface area (Å²) in [6.07, 6.45) is 8.24. The van der Waals surface area contributed by atoms with Crippen molar-refractivity contribution in [3.05, 3.63) is 35.9 Å². The molecule has 2 amide bonds. The number of hydrogen-bond donors (Lipinski definition) is 1. The molecule has 25 heavy (non-hydrogen) atoms. The van der Waals surface area contributed by atoms with Gasteiger partial charge in [0.25, 0.3) is 0 Å². The summed E-state index contributed by atoms with van der Waals surface area (Å²) in [7, 11) is 0. The first-order valence-electron chi connectivity index (χ1n) is 9.80. The largest absolute Gasteiger partial charge is 0.341 e. The molecule has 136 valence electrons. The van der Waals surface area contributed by atoms with E-state index in [1.54, 1.807) is 0 Å². The van der Waals surface area contributed by atoms with E-state index in [0.29, 0.717) is 12.3 Å². The van der Waals surface area contributed by atoms with E-state index in [2.05, 4.69) is 5.32 Å². The Hall–Kier alpha value is -1.84. The molecule has 1 aromatic rings. The zero-order chi connectivity index (χ0) is 17.6. The zero-order valence-corrected chi connectivity index (χ0v) is 15.2. The number of nitrogens with zero attached hydrogens (tertiary/aromatic N) is 1. The molecule has 2 aliphatic rings. The Kier molecular flexibility index (Phi) is 6.11. The number of carbonyl (C=O) groups is 2. The van der Waals surface area contributed by atoms with E-state index in [0.717, 1.165) is 31.0 Å². The molecule has 1 heterocycles. The second kappa shape index (κ2) is 8.50. The number of benzene rings is 1. The molecule has 0 aromatic heterocycles. The van der Waals surface area contributed by atoms with Crippen LogP contribution in [0, 0.1) is 11.8 Å². The van der Waals surface area contributed by atoms with Gasteiger partial charge in [-0.25, -0.2) is 0 Å². The smallest absolute Gasteiger partial charge is 0.249 e. The van der Waals surface area contributed by atoms with Crippen LogP contribution in [0.5, 0.6) is 0 Å². The van der Waals surface area contributed by atoms with E-state index < -0.39 is 6.04 Å². The molecule has 2 unspecified atom stereocenters. The summed E-state index contributed by atoms with van der Waals surface area (Å²) in [5, 5.41) is 2.92. The first-order valence-corrected chi connectivity index (χ1v) is 9.80. The lowest BCUT2D eigenvalue weighted by molar-refractivity contribution is -0.135. The molecule has 1 saturated heterocycles. The van der Waals surface area contributed by atoms with Gasteiger partial charge < -0.3 is 10.2 Å². The van der Waals surface area contributed by atoms with E-state index in [9.17, 15) is 9.59 Å². The SMILES string of the molecule is CCC(=O)NC(C(=O)N1CCC(CC2CCCC2)C1)c1ccccc1. The lowest BCUT2D eigenvalue weighted by atomic mass is 9.93.